The summed E-state index contributed by atoms with van der Waals surface area (Å²) < 4.78 is 0. The van der Waals surface area contributed by atoms with Crippen molar-refractivity contribution < 1.29 is 15.0 Å². The van der Waals surface area contributed by atoms with Crippen LogP contribution in [0.5, 0.6) is 0 Å². The molecule has 1 atom stereocenters. The van der Waals surface area contributed by atoms with E-state index >= 15 is 0 Å². The number of benzene rings is 1. The molecule has 0 aromatic heterocycles. The first-order valence-electron chi connectivity index (χ1n) is 6.61. The zero-order valence-corrected chi connectivity index (χ0v) is 10.8. The standard InChI is InChI=1S/C15H20O3/c1-2-8-15(18,10-14(16)17)13-7-6-11-4-3-5-12(11)9-13/h6-7,9,18H,2-5,8,10H2,1H3,(H,16,17). The lowest BCUT2D eigenvalue weighted by Crippen LogP contribution is -2.29. The summed E-state index contributed by atoms with van der Waals surface area (Å²) in [5.74, 6) is -0.952. The van der Waals surface area contributed by atoms with E-state index in [0.717, 1.165) is 31.2 Å². The summed E-state index contributed by atoms with van der Waals surface area (Å²) in [5.41, 5.74) is 2.14. The first-order valence-corrected chi connectivity index (χ1v) is 6.61. The third-order valence-electron chi connectivity index (χ3n) is 3.74. The van der Waals surface area contributed by atoms with Gasteiger partial charge in [-0.15, -0.1) is 0 Å². The largest absolute Gasteiger partial charge is 0.481 e. The van der Waals surface area contributed by atoms with Crippen molar-refractivity contribution >= 4 is 5.97 Å². The van der Waals surface area contributed by atoms with Crippen molar-refractivity contribution in [1.82, 2.24) is 0 Å². The van der Waals surface area contributed by atoms with Crippen LogP contribution in [-0.4, -0.2) is 16.2 Å². The second-order valence-electron chi connectivity index (χ2n) is 5.19. The molecule has 2 rings (SSSR count). The summed E-state index contributed by atoms with van der Waals surface area (Å²) in [4.78, 5) is 10.9. The summed E-state index contributed by atoms with van der Waals surface area (Å²) in [6.45, 7) is 1.96. The van der Waals surface area contributed by atoms with E-state index < -0.39 is 11.6 Å². The molecule has 0 heterocycles. The molecule has 1 aromatic carbocycles. The highest BCUT2D eigenvalue weighted by molar-refractivity contribution is 5.68. The van der Waals surface area contributed by atoms with Crippen LogP contribution in [-0.2, 0) is 23.2 Å². The van der Waals surface area contributed by atoms with E-state index in [4.69, 9.17) is 5.11 Å². The molecule has 1 unspecified atom stereocenters. The molecule has 18 heavy (non-hydrogen) atoms. The van der Waals surface area contributed by atoms with Crippen LogP contribution in [0.3, 0.4) is 0 Å². The average Bonchev–Trinajstić information content (AvgIpc) is 2.74. The highest BCUT2D eigenvalue weighted by atomic mass is 16.4. The Kier molecular flexibility index (Phi) is 3.71. The third-order valence-corrected chi connectivity index (χ3v) is 3.74. The molecule has 0 amide bonds. The van der Waals surface area contributed by atoms with Crippen molar-refractivity contribution in [2.75, 3.05) is 0 Å². The van der Waals surface area contributed by atoms with Crippen molar-refractivity contribution in [1.29, 1.82) is 0 Å². The molecule has 1 aliphatic rings. The molecule has 0 bridgehead atoms. The zero-order valence-electron chi connectivity index (χ0n) is 10.8. The molecule has 1 aliphatic carbocycles. The SMILES string of the molecule is CCCC(O)(CC(=O)O)c1ccc2c(c1)CCC2. The van der Waals surface area contributed by atoms with Crippen molar-refractivity contribution in [3.05, 3.63) is 34.9 Å². The van der Waals surface area contributed by atoms with Crippen molar-refractivity contribution in [3.63, 3.8) is 0 Å². The number of aryl methyl sites for hydroxylation is 2. The Labute approximate surface area is 107 Å². The average molecular weight is 248 g/mol. The molecule has 0 saturated heterocycles. The fourth-order valence-corrected chi connectivity index (χ4v) is 2.86. The van der Waals surface area contributed by atoms with Gasteiger partial charge in [-0.1, -0.05) is 31.5 Å². The molecule has 3 heteroatoms. The van der Waals surface area contributed by atoms with Crippen molar-refractivity contribution in [2.24, 2.45) is 0 Å². The maximum atomic E-state index is 10.9. The minimum absolute atomic E-state index is 0.223. The number of carbonyl (C=O) groups is 1. The molecular formula is C15H20O3. The lowest BCUT2D eigenvalue weighted by molar-refractivity contribution is -0.143. The van der Waals surface area contributed by atoms with E-state index in [2.05, 4.69) is 0 Å². The number of carboxylic acids is 1. The van der Waals surface area contributed by atoms with Crippen molar-refractivity contribution in [3.8, 4) is 0 Å². The molecule has 98 valence electrons. The molecule has 0 spiro atoms. The van der Waals surface area contributed by atoms with Gasteiger partial charge in [-0.3, -0.25) is 4.79 Å². The Morgan fingerprint density at radius 3 is 2.72 bits per heavy atom. The highest BCUT2D eigenvalue weighted by Crippen LogP contribution is 2.33. The number of carboxylic acid groups (broad SMARTS) is 1. The van der Waals surface area contributed by atoms with Gasteiger partial charge in [-0.2, -0.15) is 0 Å². The number of hydrogen-bond acceptors (Lipinski definition) is 2. The van der Waals surface area contributed by atoms with Gasteiger partial charge in [0.1, 0.15) is 5.60 Å². The summed E-state index contributed by atoms with van der Waals surface area (Å²) in [5, 5.41) is 19.6. The molecule has 1 aromatic rings. The molecule has 0 radical (unpaired) electrons. The highest BCUT2D eigenvalue weighted by Gasteiger charge is 2.32. The number of hydrogen-bond donors (Lipinski definition) is 2. The Morgan fingerprint density at radius 1 is 1.33 bits per heavy atom. The Hall–Kier alpha value is -1.35. The monoisotopic (exact) mass is 248 g/mol. The third kappa shape index (κ3) is 2.56. The lowest BCUT2D eigenvalue weighted by atomic mass is 9.85. The predicted molar refractivity (Wildman–Crippen MR) is 69.5 cm³/mol. The number of aliphatic hydroxyl groups is 1. The summed E-state index contributed by atoms with van der Waals surface area (Å²) in [7, 11) is 0. The van der Waals surface area contributed by atoms with Crippen molar-refractivity contribution in [2.45, 2.75) is 51.0 Å². The summed E-state index contributed by atoms with van der Waals surface area (Å²) in [6.07, 6.45) is 4.32. The van der Waals surface area contributed by atoms with E-state index in [0.29, 0.717) is 6.42 Å². The predicted octanol–water partition coefficient (Wildman–Crippen LogP) is 2.64. The van der Waals surface area contributed by atoms with Gasteiger partial charge in [-0.05, 0) is 42.4 Å². The van der Waals surface area contributed by atoms with Gasteiger partial charge >= 0.3 is 5.97 Å². The fourth-order valence-electron chi connectivity index (χ4n) is 2.86. The minimum atomic E-state index is -1.22. The Morgan fingerprint density at radius 2 is 2.06 bits per heavy atom. The van der Waals surface area contributed by atoms with Crippen LogP contribution in [0.2, 0.25) is 0 Å². The molecule has 0 fully saturated rings. The van der Waals surface area contributed by atoms with Gasteiger partial charge in [0, 0.05) is 0 Å². The van der Waals surface area contributed by atoms with E-state index in [1.165, 1.54) is 11.1 Å². The first-order chi connectivity index (χ1) is 8.55. The molecule has 0 aliphatic heterocycles. The van der Waals surface area contributed by atoms with Gasteiger partial charge in [0.15, 0.2) is 0 Å². The van der Waals surface area contributed by atoms with Gasteiger partial charge in [0.05, 0.1) is 6.42 Å². The topological polar surface area (TPSA) is 57.5 Å². The smallest absolute Gasteiger partial charge is 0.306 e. The maximum Gasteiger partial charge on any atom is 0.306 e. The second kappa shape index (κ2) is 5.11. The molecule has 3 nitrogen and oxygen atoms in total. The lowest BCUT2D eigenvalue weighted by Gasteiger charge is -2.27. The number of aliphatic carboxylic acids is 1. The zero-order chi connectivity index (χ0) is 13.2. The van der Waals surface area contributed by atoms with Crippen LogP contribution in [0, 0.1) is 0 Å². The van der Waals surface area contributed by atoms with Crippen LogP contribution in [0.1, 0.15) is 49.3 Å². The summed E-state index contributed by atoms with van der Waals surface area (Å²) in [6, 6.07) is 5.93. The summed E-state index contributed by atoms with van der Waals surface area (Å²) >= 11 is 0. The molecule has 0 saturated carbocycles. The van der Waals surface area contributed by atoms with E-state index in [1.807, 2.05) is 25.1 Å². The maximum absolute atomic E-state index is 10.9. The van der Waals surface area contributed by atoms with Gasteiger partial charge in [0.25, 0.3) is 0 Å². The second-order valence-corrected chi connectivity index (χ2v) is 5.19. The van der Waals surface area contributed by atoms with E-state index in [1.54, 1.807) is 0 Å². The minimum Gasteiger partial charge on any atom is -0.481 e. The van der Waals surface area contributed by atoms with Crippen LogP contribution < -0.4 is 0 Å². The Bertz CT molecular complexity index is 453. The quantitative estimate of drug-likeness (QED) is 0.842. The van der Waals surface area contributed by atoms with Crippen LogP contribution >= 0.6 is 0 Å². The number of rotatable bonds is 5. The van der Waals surface area contributed by atoms with Gasteiger partial charge < -0.3 is 10.2 Å². The Balaban J connectivity index is 2.33. The fraction of sp³-hybridized carbons (Fsp3) is 0.533. The van der Waals surface area contributed by atoms with Crippen LogP contribution in [0.25, 0.3) is 0 Å². The number of fused-ring (bicyclic) bond motifs is 1. The van der Waals surface area contributed by atoms with Crippen LogP contribution in [0.15, 0.2) is 18.2 Å². The van der Waals surface area contributed by atoms with Crippen LogP contribution in [0.4, 0.5) is 0 Å². The molecule has 2 N–H and O–H groups in total. The van der Waals surface area contributed by atoms with Gasteiger partial charge in [-0.25, -0.2) is 0 Å². The van der Waals surface area contributed by atoms with Gasteiger partial charge in [0.2, 0.25) is 0 Å². The normalized spacial score (nSPS) is 17.2. The first kappa shape index (κ1) is 13.1. The van der Waals surface area contributed by atoms with E-state index in [9.17, 15) is 9.90 Å². The molecular weight excluding hydrogens is 228 g/mol. The van der Waals surface area contributed by atoms with E-state index in [-0.39, 0.29) is 6.42 Å².